The van der Waals surface area contributed by atoms with Gasteiger partial charge in [0.25, 0.3) is 11.6 Å². The summed E-state index contributed by atoms with van der Waals surface area (Å²) < 4.78 is 5.53. The van der Waals surface area contributed by atoms with E-state index < -0.39 is 4.92 Å². The summed E-state index contributed by atoms with van der Waals surface area (Å²) in [7, 11) is 0. The number of nitro benzene ring substituents is 1. The quantitative estimate of drug-likeness (QED) is 0.507. The van der Waals surface area contributed by atoms with Gasteiger partial charge in [0.2, 0.25) is 0 Å². The molecule has 1 aromatic carbocycles. The minimum atomic E-state index is -0.581. The fourth-order valence-electron chi connectivity index (χ4n) is 2.46. The lowest BCUT2D eigenvalue weighted by Crippen LogP contribution is -2.37. The third kappa shape index (κ3) is 3.30. The van der Waals surface area contributed by atoms with Crippen molar-refractivity contribution in [2.45, 2.75) is 25.9 Å². The molecule has 0 aliphatic carbocycles. The number of rotatable bonds is 5. The normalized spacial score (nSPS) is 17.7. The lowest BCUT2D eigenvalue weighted by atomic mass is 10.1. The first-order valence-corrected chi connectivity index (χ1v) is 6.98. The number of para-hydroxylation sites is 1. The molecular weight excluding hydrogens is 274 g/mol. The average molecular weight is 293 g/mol. The number of carbonyl (C=O) groups excluding carboxylic acids is 1. The zero-order valence-electron chi connectivity index (χ0n) is 11.9. The first kappa shape index (κ1) is 15.2. The van der Waals surface area contributed by atoms with Crippen molar-refractivity contribution in [2.75, 3.05) is 25.4 Å². The molecule has 2 rings (SSSR count). The topological polar surface area (TPSA) is 98.7 Å². The van der Waals surface area contributed by atoms with Crippen LogP contribution in [0.4, 0.5) is 11.4 Å². The number of nitro groups is 1. The van der Waals surface area contributed by atoms with Gasteiger partial charge in [-0.15, -0.1) is 0 Å². The zero-order valence-corrected chi connectivity index (χ0v) is 11.9. The van der Waals surface area contributed by atoms with Gasteiger partial charge in [0.1, 0.15) is 5.69 Å². The smallest absolute Gasteiger partial charge is 0.292 e. The number of hydrogen-bond donors (Lipinski definition) is 1. The lowest BCUT2D eigenvalue weighted by molar-refractivity contribution is -0.383. The largest absolute Gasteiger partial charge is 0.393 e. The second kappa shape index (κ2) is 6.53. The van der Waals surface area contributed by atoms with Gasteiger partial charge in [-0.1, -0.05) is 6.07 Å². The van der Waals surface area contributed by atoms with Gasteiger partial charge >= 0.3 is 0 Å². The van der Waals surface area contributed by atoms with Crippen molar-refractivity contribution < 1.29 is 14.5 Å². The standard InChI is InChI=1S/C14H19N3O4/c1-2-16(9-10-5-4-8-21-10)14(18)11-6-3-7-12(13(11)15)17(19)20/h3,6-7,10H,2,4-5,8-9,15H2,1H3. The second-order valence-corrected chi connectivity index (χ2v) is 4.97. The van der Waals surface area contributed by atoms with Crippen molar-refractivity contribution in [3.8, 4) is 0 Å². The molecule has 0 aromatic heterocycles. The molecule has 1 unspecified atom stereocenters. The van der Waals surface area contributed by atoms with Gasteiger partial charge < -0.3 is 15.4 Å². The summed E-state index contributed by atoms with van der Waals surface area (Å²) in [6, 6.07) is 4.28. The minimum Gasteiger partial charge on any atom is -0.393 e. The highest BCUT2D eigenvalue weighted by Crippen LogP contribution is 2.26. The van der Waals surface area contributed by atoms with E-state index >= 15 is 0 Å². The second-order valence-electron chi connectivity index (χ2n) is 4.97. The predicted octanol–water partition coefficient (Wildman–Crippen LogP) is 1.82. The van der Waals surface area contributed by atoms with Crippen LogP contribution in [0.3, 0.4) is 0 Å². The van der Waals surface area contributed by atoms with E-state index in [0.29, 0.717) is 13.1 Å². The number of nitrogens with two attached hydrogens (primary N) is 1. The maximum atomic E-state index is 12.5. The molecule has 0 saturated carbocycles. The number of anilines is 1. The molecule has 0 bridgehead atoms. The molecule has 21 heavy (non-hydrogen) atoms. The Balaban J connectivity index is 2.20. The number of amides is 1. The summed E-state index contributed by atoms with van der Waals surface area (Å²) in [6.45, 7) is 3.56. The van der Waals surface area contributed by atoms with Crippen molar-refractivity contribution in [2.24, 2.45) is 0 Å². The first-order chi connectivity index (χ1) is 10.0. The molecule has 1 atom stereocenters. The Labute approximate surface area is 122 Å². The number of carbonyl (C=O) groups is 1. The van der Waals surface area contributed by atoms with E-state index in [1.807, 2.05) is 6.92 Å². The van der Waals surface area contributed by atoms with Crippen molar-refractivity contribution in [1.29, 1.82) is 0 Å². The Bertz CT molecular complexity index is 541. The van der Waals surface area contributed by atoms with Crippen molar-refractivity contribution in [3.63, 3.8) is 0 Å². The Morgan fingerprint density at radius 1 is 1.57 bits per heavy atom. The van der Waals surface area contributed by atoms with Crippen LogP contribution in [-0.4, -0.2) is 41.5 Å². The number of hydrogen-bond acceptors (Lipinski definition) is 5. The molecule has 7 nitrogen and oxygen atoms in total. The Morgan fingerprint density at radius 3 is 2.90 bits per heavy atom. The van der Waals surface area contributed by atoms with Gasteiger partial charge in [-0.3, -0.25) is 14.9 Å². The summed E-state index contributed by atoms with van der Waals surface area (Å²) in [5.41, 5.74) is 5.61. The minimum absolute atomic E-state index is 0.0359. The van der Waals surface area contributed by atoms with Gasteiger partial charge in [-0.05, 0) is 25.8 Å². The van der Waals surface area contributed by atoms with Crippen LogP contribution in [0.2, 0.25) is 0 Å². The lowest BCUT2D eigenvalue weighted by Gasteiger charge is -2.24. The number of benzene rings is 1. The highest BCUT2D eigenvalue weighted by molar-refractivity contribution is 6.01. The van der Waals surface area contributed by atoms with E-state index in [1.54, 1.807) is 4.90 Å². The Hall–Kier alpha value is -2.15. The number of ether oxygens (including phenoxy) is 1. The van der Waals surface area contributed by atoms with Crippen LogP contribution in [0.25, 0.3) is 0 Å². The number of nitrogens with zero attached hydrogens (tertiary/aromatic N) is 2. The van der Waals surface area contributed by atoms with Gasteiger partial charge in [0.15, 0.2) is 0 Å². The fraction of sp³-hybridized carbons (Fsp3) is 0.500. The van der Waals surface area contributed by atoms with E-state index in [0.717, 1.165) is 19.4 Å². The third-order valence-corrected chi connectivity index (χ3v) is 3.63. The molecule has 1 aromatic rings. The van der Waals surface area contributed by atoms with Gasteiger partial charge in [0, 0.05) is 25.8 Å². The van der Waals surface area contributed by atoms with E-state index in [-0.39, 0.29) is 28.9 Å². The average Bonchev–Trinajstić information content (AvgIpc) is 2.97. The third-order valence-electron chi connectivity index (χ3n) is 3.63. The van der Waals surface area contributed by atoms with Crippen LogP contribution in [0.15, 0.2) is 18.2 Å². The van der Waals surface area contributed by atoms with Crippen LogP contribution in [0.5, 0.6) is 0 Å². The molecule has 1 heterocycles. The summed E-state index contributed by atoms with van der Waals surface area (Å²) in [6.07, 6.45) is 1.96. The van der Waals surface area contributed by atoms with E-state index in [1.165, 1.54) is 18.2 Å². The molecule has 1 aliphatic heterocycles. The molecule has 1 amide bonds. The maximum absolute atomic E-state index is 12.5. The summed E-state index contributed by atoms with van der Waals surface area (Å²) >= 11 is 0. The van der Waals surface area contributed by atoms with Crippen LogP contribution in [-0.2, 0) is 4.74 Å². The van der Waals surface area contributed by atoms with Crippen LogP contribution in [0, 0.1) is 10.1 Å². The number of likely N-dealkylation sites (N-methyl/N-ethyl adjacent to an activating group) is 1. The van der Waals surface area contributed by atoms with E-state index in [2.05, 4.69) is 0 Å². The van der Waals surface area contributed by atoms with Crippen molar-refractivity contribution >= 4 is 17.3 Å². The molecule has 1 saturated heterocycles. The highest BCUT2D eigenvalue weighted by atomic mass is 16.6. The molecule has 1 fully saturated rings. The van der Waals surface area contributed by atoms with Gasteiger partial charge in [0.05, 0.1) is 16.6 Å². The SMILES string of the molecule is CCN(CC1CCCO1)C(=O)c1cccc([N+](=O)[O-])c1N. The van der Waals surface area contributed by atoms with E-state index in [4.69, 9.17) is 10.5 Å². The molecule has 0 radical (unpaired) electrons. The first-order valence-electron chi connectivity index (χ1n) is 6.98. The fourth-order valence-corrected chi connectivity index (χ4v) is 2.46. The molecule has 2 N–H and O–H groups in total. The van der Waals surface area contributed by atoms with Crippen LogP contribution < -0.4 is 5.73 Å². The zero-order chi connectivity index (χ0) is 15.4. The van der Waals surface area contributed by atoms with Crippen LogP contribution in [0.1, 0.15) is 30.1 Å². The predicted molar refractivity (Wildman–Crippen MR) is 78.1 cm³/mol. The van der Waals surface area contributed by atoms with E-state index in [9.17, 15) is 14.9 Å². The summed E-state index contributed by atoms with van der Waals surface area (Å²) in [5.74, 6) is -0.297. The molecule has 0 spiro atoms. The monoisotopic (exact) mass is 293 g/mol. The van der Waals surface area contributed by atoms with Crippen molar-refractivity contribution in [3.05, 3.63) is 33.9 Å². The van der Waals surface area contributed by atoms with Crippen LogP contribution >= 0.6 is 0 Å². The summed E-state index contributed by atoms with van der Waals surface area (Å²) in [5, 5.41) is 10.9. The van der Waals surface area contributed by atoms with Gasteiger partial charge in [-0.2, -0.15) is 0 Å². The molecule has 1 aliphatic rings. The van der Waals surface area contributed by atoms with Crippen molar-refractivity contribution in [1.82, 2.24) is 4.90 Å². The summed E-state index contributed by atoms with van der Waals surface area (Å²) in [4.78, 5) is 24.5. The Morgan fingerprint density at radius 2 is 2.33 bits per heavy atom. The molecule has 7 heteroatoms. The molecular formula is C14H19N3O4. The Kier molecular flexibility index (Phi) is 4.74. The highest BCUT2D eigenvalue weighted by Gasteiger charge is 2.25. The maximum Gasteiger partial charge on any atom is 0.292 e. The molecule has 114 valence electrons. The number of nitrogen functional groups attached to an aromatic ring is 1. The van der Waals surface area contributed by atoms with Gasteiger partial charge in [-0.25, -0.2) is 0 Å².